The van der Waals surface area contributed by atoms with Gasteiger partial charge in [-0.3, -0.25) is 14.4 Å². The van der Waals surface area contributed by atoms with Crippen LogP contribution in [0.15, 0.2) is 52.5 Å². The van der Waals surface area contributed by atoms with Gasteiger partial charge in [-0.15, -0.1) is 11.3 Å². The summed E-state index contributed by atoms with van der Waals surface area (Å²) < 4.78 is 5.20. The van der Waals surface area contributed by atoms with Gasteiger partial charge in [0.2, 0.25) is 11.8 Å². The normalized spacial score (nSPS) is 16.2. The van der Waals surface area contributed by atoms with E-state index in [2.05, 4.69) is 15.6 Å². The Morgan fingerprint density at radius 2 is 1.88 bits per heavy atom. The van der Waals surface area contributed by atoms with Crippen LogP contribution >= 0.6 is 11.3 Å². The maximum absolute atomic E-state index is 12.9. The number of hydrogen-bond donors (Lipinski definition) is 2. The smallest absolute Gasteiger partial charge is 0.289 e. The van der Waals surface area contributed by atoms with Gasteiger partial charge in [-0.1, -0.05) is 32.9 Å². The molecule has 2 aromatic heterocycles. The highest BCUT2D eigenvalue weighted by molar-refractivity contribution is 7.14. The van der Waals surface area contributed by atoms with Gasteiger partial charge in [0.15, 0.2) is 10.9 Å². The van der Waals surface area contributed by atoms with Gasteiger partial charge < -0.3 is 20.0 Å². The van der Waals surface area contributed by atoms with E-state index in [-0.39, 0.29) is 29.4 Å². The summed E-state index contributed by atoms with van der Waals surface area (Å²) in [6.45, 7) is 6.55. The van der Waals surface area contributed by atoms with E-state index in [9.17, 15) is 14.4 Å². The molecule has 3 heterocycles. The number of likely N-dealkylation sites (tertiary alicyclic amines) is 1. The van der Waals surface area contributed by atoms with Gasteiger partial charge in [0.05, 0.1) is 17.9 Å². The molecule has 1 unspecified atom stereocenters. The summed E-state index contributed by atoms with van der Waals surface area (Å²) in [6, 6.07) is 10.8. The Kier molecular flexibility index (Phi) is 6.83. The van der Waals surface area contributed by atoms with Crippen LogP contribution < -0.4 is 10.6 Å². The highest BCUT2D eigenvalue weighted by Crippen LogP contribution is 2.28. The van der Waals surface area contributed by atoms with Crippen molar-refractivity contribution in [2.24, 2.45) is 11.3 Å². The van der Waals surface area contributed by atoms with E-state index in [4.69, 9.17) is 4.42 Å². The first kappa shape index (κ1) is 23.7. The molecule has 3 aromatic rings. The molecule has 1 atom stereocenters. The van der Waals surface area contributed by atoms with Crippen LogP contribution in [0.1, 0.15) is 44.2 Å². The second-order valence-electron chi connectivity index (χ2n) is 9.38. The number of carbonyl (C=O) groups excluding carboxylic acids is 3. The van der Waals surface area contributed by atoms with E-state index >= 15 is 0 Å². The second-order valence-corrected chi connectivity index (χ2v) is 10.2. The zero-order valence-electron chi connectivity index (χ0n) is 19.5. The number of carbonyl (C=O) groups is 3. The number of amides is 3. The Morgan fingerprint density at radius 3 is 2.56 bits per heavy atom. The topological polar surface area (TPSA) is 105 Å². The standard InChI is InChI=1S/C25H28N4O4S/c1-25(2,3)23(32)26-18-10-8-16(9-11-18)19-15-34-24(27-19)28-21(30)17-6-4-12-29(14-17)22(31)20-7-5-13-33-20/h5,7-11,13,15,17H,4,6,12,14H2,1-3H3,(H,26,32)(H,27,28,30). The third-order valence-electron chi connectivity index (χ3n) is 5.67. The zero-order chi connectivity index (χ0) is 24.3. The fraction of sp³-hybridized carbons (Fsp3) is 0.360. The molecule has 0 aliphatic carbocycles. The molecule has 0 saturated carbocycles. The number of nitrogens with zero attached hydrogens (tertiary/aromatic N) is 2. The fourth-order valence-electron chi connectivity index (χ4n) is 3.65. The second kappa shape index (κ2) is 9.80. The summed E-state index contributed by atoms with van der Waals surface area (Å²) in [4.78, 5) is 43.8. The number of anilines is 2. The Bertz CT molecular complexity index is 1160. The first-order valence-electron chi connectivity index (χ1n) is 11.2. The third kappa shape index (κ3) is 5.53. The summed E-state index contributed by atoms with van der Waals surface area (Å²) in [5.41, 5.74) is 1.88. The van der Waals surface area contributed by atoms with E-state index in [1.165, 1.54) is 17.6 Å². The molecule has 1 saturated heterocycles. The SMILES string of the molecule is CC(C)(C)C(=O)Nc1ccc(-c2csc(NC(=O)C3CCCN(C(=O)c4ccco4)C3)n2)cc1. The molecule has 2 N–H and O–H groups in total. The van der Waals surface area contributed by atoms with Gasteiger partial charge in [-0.05, 0) is 37.1 Å². The van der Waals surface area contributed by atoms with Crippen molar-refractivity contribution in [2.45, 2.75) is 33.6 Å². The summed E-state index contributed by atoms with van der Waals surface area (Å²) in [7, 11) is 0. The number of piperidine rings is 1. The minimum absolute atomic E-state index is 0.0500. The van der Waals surface area contributed by atoms with Crippen molar-refractivity contribution in [3.05, 3.63) is 53.8 Å². The molecule has 8 nitrogen and oxygen atoms in total. The van der Waals surface area contributed by atoms with Crippen LogP contribution in [0.5, 0.6) is 0 Å². The predicted octanol–water partition coefficient (Wildman–Crippen LogP) is 4.88. The third-order valence-corrected chi connectivity index (χ3v) is 6.42. The molecular weight excluding hydrogens is 452 g/mol. The van der Waals surface area contributed by atoms with Gasteiger partial charge >= 0.3 is 0 Å². The zero-order valence-corrected chi connectivity index (χ0v) is 20.3. The van der Waals surface area contributed by atoms with Gasteiger partial charge in [0.25, 0.3) is 5.91 Å². The molecule has 0 radical (unpaired) electrons. The summed E-state index contributed by atoms with van der Waals surface area (Å²) in [5.74, 6) is -0.398. The van der Waals surface area contributed by atoms with Crippen LogP contribution in [0.4, 0.5) is 10.8 Å². The lowest BCUT2D eigenvalue weighted by atomic mass is 9.95. The van der Waals surface area contributed by atoms with E-state index < -0.39 is 5.41 Å². The minimum Gasteiger partial charge on any atom is -0.459 e. The number of hydrogen-bond acceptors (Lipinski definition) is 6. The molecule has 3 amide bonds. The summed E-state index contributed by atoms with van der Waals surface area (Å²) in [6.07, 6.45) is 2.94. The average molecular weight is 481 g/mol. The molecule has 1 aromatic carbocycles. The lowest BCUT2D eigenvalue weighted by Gasteiger charge is -2.31. The van der Waals surface area contributed by atoms with Crippen molar-refractivity contribution in [1.82, 2.24) is 9.88 Å². The van der Waals surface area contributed by atoms with Crippen LogP contribution in [-0.2, 0) is 9.59 Å². The van der Waals surface area contributed by atoms with Crippen LogP contribution in [0.25, 0.3) is 11.3 Å². The Morgan fingerprint density at radius 1 is 1.12 bits per heavy atom. The number of furan rings is 1. The molecule has 1 aliphatic rings. The van der Waals surface area contributed by atoms with Crippen molar-refractivity contribution in [3.63, 3.8) is 0 Å². The van der Waals surface area contributed by atoms with Crippen LogP contribution in [0, 0.1) is 11.3 Å². The average Bonchev–Trinajstić information content (AvgIpc) is 3.51. The van der Waals surface area contributed by atoms with Crippen LogP contribution in [0.2, 0.25) is 0 Å². The molecule has 9 heteroatoms. The van der Waals surface area contributed by atoms with Crippen molar-refractivity contribution >= 4 is 39.9 Å². The highest BCUT2D eigenvalue weighted by atomic mass is 32.1. The highest BCUT2D eigenvalue weighted by Gasteiger charge is 2.30. The Labute approximate surface area is 202 Å². The maximum Gasteiger partial charge on any atom is 0.289 e. The Hall–Kier alpha value is -3.46. The number of aromatic nitrogens is 1. The van der Waals surface area contributed by atoms with Gasteiger partial charge in [-0.2, -0.15) is 0 Å². The summed E-state index contributed by atoms with van der Waals surface area (Å²) >= 11 is 1.35. The molecule has 0 spiro atoms. The lowest BCUT2D eigenvalue weighted by molar-refractivity contribution is -0.123. The lowest BCUT2D eigenvalue weighted by Crippen LogP contribution is -2.43. The van der Waals surface area contributed by atoms with E-state index in [0.717, 1.165) is 23.4 Å². The van der Waals surface area contributed by atoms with Crippen molar-refractivity contribution in [3.8, 4) is 11.3 Å². The van der Waals surface area contributed by atoms with E-state index in [1.807, 2.05) is 50.4 Å². The first-order chi connectivity index (χ1) is 16.2. The van der Waals surface area contributed by atoms with Gasteiger partial charge in [0, 0.05) is 35.1 Å². The molecular formula is C25H28N4O4S. The summed E-state index contributed by atoms with van der Waals surface area (Å²) in [5, 5.41) is 8.20. The molecule has 1 aliphatic heterocycles. The molecule has 0 bridgehead atoms. The van der Waals surface area contributed by atoms with Crippen molar-refractivity contribution in [2.75, 3.05) is 23.7 Å². The van der Waals surface area contributed by atoms with Crippen molar-refractivity contribution in [1.29, 1.82) is 0 Å². The number of rotatable bonds is 5. The fourth-order valence-corrected chi connectivity index (χ4v) is 4.37. The monoisotopic (exact) mass is 480 g/mol. The minimum atomic E-state index is -0.470. The molecule has 178 valence electrons. The number of nitrogens with one attached hydrogen (secondary N) is 2. The van der Waals surface area contributed by atoms with E-state index in [0.29, 0.717) is 24.6 Å². The molecule has 4 rings (SSSR count). The quantitative estimate of drug-likeness (QED) is 0.542. The number of thiazole rings is 1. The van der Waals surface area contributed by atoms with E-state index in [1.54, 1.807) is 17.0 Å². The van der Waals surface area contributed by atoms with Crippen molar-refractivity contribution < 1.29 is 18.8 Å². The van der Waals surface area contributed by atoms with Gasteiger partial charge in [0.1, 0.15) is 0 Å². The first-order valence-corrected chi connectivity index (χ1v) is 12.1. The molecule has 34 heavy (non-hydrogen) atoms. The molecule has 1 fully saturated rings. The van der Waals surface area contributed by atoms with Gasteiger partial charge in [-0.25, -0.2) is 4.98 Å². The largest absolute Gasteiger partial charge is 0.459 e. The number of benzene rings is 1. The van der Waals surface area contributed by atoms with Crippen LogP contribution in [-0.4, -0.2) is 40.7 Å². The maximum atomic E-state index is 12.9. The predicted molar refractivity (Wildman–Crippen MR) is 132 cm³/mol. The Balaban J connectivity index is 1.35. The van der Waals surface area contributed by atoms with Crippen LogP contribution in [0.3, 0.4) is 0 Å².